The molecule has 190 valence electrons. The minimum absolute atomic E-state index is 0.0663. The molecule has 0 aliphatic rings. The minimum Gasteiger partial charge on any atom is -0.480 e. The van der Waals surface area contributed by atoms with E-state index in [9.17, 15) is 24.0 Å². The Morgan fingerprint density at radius 1 is 1.06 bits per heavy atom. The van der Waals surface area contributed by atoms with E-state index in [0.29, 0.717) is 12.2 Å². The third-order valence-electron chi connectivity index (χ3n) is 5.15. The maximum Gasteiger partial charge on any atom is 0.322 e. The van der Waals surface area contributed by atoms with E-state index < -0.39 is 60.7 Å². The highest BCUT2D eigenvalue weighted by Gasteiger charge is 2.30. The van der Waals surface area contributed by atoms with Crippen LogP contribution in [0.2, 0.25) is 0 Å². The maximum atomic E-state index is 13.2. The Bertz CT molecular complexity index is 1070. The molecule has 1 aromatic carbocycles. The Hall–Kier alpha value is -3.58. The standard InChI is InChI=1S/C22H30N6O6S/c1-35-7-6-14(23)20(32)27-16(8-12-10-25-15-5-3-2-4-13(12)15)22(34)28-17(9-18(24)29)21(33)26-11-19(30)31/h2-5,10,14,16-17,25H,6-9,11,23H2,1H3,(H2,24,29)(H,26,33)(H,27,32)(H,28,34)(H,30,31). The highest BCUT2D eigenvalue weighted by atomic mass is 32.2. The number of carboxylic acid groups (broad SMARTS) is 1. The largest absolute Gasteiger partial charge is 0.480 e. The fourth-order valence-corrected chi connectivity index (χ4v) is 3.84. The van der Waals surface area contributed by atoms with Gasteiger partial charge in [0.2, 0.25) is 23.6 Å². The molecule has 1 heterocycles. The van der Waals surface area contributed by atoms with Crippen LogP contribution in [0.5, 0.6) is 0 Å². The topological polar surface area (TPSA) is 209 Å². The second-order valence-electron chi connectivity index (χ2n) is 7.86. The predicted octanol–water partition coefficient (Wildman–Crippen LogP) is -1.16. The van der Waals surface area contributed by atoms with Crippen LogP contribution in [-0.4, -0.2) is 76.4 Å². The number of fused-ring (bicyclic) bond motifs is 1. The van der Waals surface area contributed by atoms with Crippen molar-refractivity contribution in [3.63, 3.8) is 0 Å². The van der Waals surface area contributed by atoms with Crippen molar-refractivity contribution >= 4 is 52.3 Å². The van der Waals surface area contributed by atoms with Crippen LogP contribution >= 0.6 is 11.8 Å². The number of carboxylic acids is 1. The fraction of sp³-hybridized carbons (Fsp3) is 0.409. The van der Waals surface area contributed by atoms with Crippen LogP contribution in [0.4, 0.5) is 0 Å². The molecule has 1 aromatic heterocycles. The smallest absolute Gasteiger partial charge is 0.322 e. The molecule has 0 saturated carbocycles. The van der Waals surface area contributed by atoms with Crippen molar-refractivity contribution in [1.82, 2.24) is 20.9 Å². The van der Waals surface area contributed by atoms with Gasteiger partial charge in [0, 0.05) is 23.5 Å². The molecule has 35 heavy (non-hydrogen) atoms. The molecular weight excluding hydrogens is 476 g/mol. The number of para-hydroxylation sites is 1. The third kappa shape index (κ3) is 8.61. The molecule has 9 N–H and O–H groups in total. The van der Waals surface area contributed by atoms with Gasteiger partial charge in [0.05, 0.1) is 12.5 Å². The first-order chi connectivity index (χ1) is 16.6. The van der Waals surface area contributed by atoms with Gasteiger partial charge < -0.3 is 37.5 Å². The summed E-state index contributed by atoms with van der Waals surface area (Å²) in [5, 5.41) is 16.8. The molecule has 0 fully saturated rings. The average Bonchev–Trinajstić information content (AvgIpc) is 3.22. The number of carbonyl (C=O) groups is 5. The summed E-state index contributed by atoms with van der Waals surface area (Å²) < 4.78 is 0. The SMILES string of the molecule is CSCCC(N)C(=O)NC(Cc1c[nH]c2ccccc12)C(=O)NC(CC(N)=O)C(=O)NCC(=O)O. The average molecular weight is 507 g/mol. The number of aromatic amines is 1. The van der Waals surface area contributed by atoms with Crippen molar-refractivity contribution in [2.45, 2.75) is 37.4 Å². The van der Waals surface area contributed by atoms with Crippen LogP contribution in [0.25, 0.3) is 10.9 Å². The van der Waals surface area contributed by atoms with Crippen molar-refractivity contribution < 1.29 is 29.1 Å². The number of nitrogens with two attached hydrogens (primary N) is 2. The highest BCUT2D eigenvalue weighted by Crippen LogP contribution is 2.19. The van der Waals surface area contributed by atoms with Crippen LogP contribution in [-0.2, 0) is 30.4 Å². The van der Waals surface area contributed by atoms with E-state index in [4.69, 9.17) is 16.6 Å². The van der Waals surface area contributed by atoms with Gasteiger partial charge in [0.25, 0.3) is 0 Å². The van der Waals surface area contributed by atoms with E-state index in [1.54, 1.807) is 6.20 Å². The number of benzene rings is 1. The first kappa shape index (κ1) is 27.7. The molecule has 0 saturated heterocycles. The van der Waals surface area contributed by atoms with Gasteiger partial charge in [-0.25, -0.2) is 0 Å². The van der Waals surface area contributed by atoms with Gasteiger partial charge >= 0.3 is 5.97 Å². The second kappa shape index (κ2) is 13.3. The van der Waals surface area contributed by atoms with E-state index in [-0.39, 0.29) is 6.42 Å². The molecule has 2 rings (SSSR count). The molecule has 12 nitrogen and oxygen atoms in total. The van der Waals surface area contributed by atoms with Crippen LogP contribution in [0.3, 0.4) is 0 Å². The number of aromatic nitrogens is 1. The quantitative estimate of drug-likeness (QED) is 0.166. The van der Waals surface area contributed by atoms with E-state index in [2.05, 4.69) is 20.9 Å². The van der Waals surface area contributed by atoms with Gasteiger partial charge in [-0.3, -0.25) is 24.0 Å². The molecule has 0 aliphatic heterocycles. The van der Waals surface area contributed by atoms with Crippen LogP contribution in [0, 0.1) is 0 Å². The summed E-state index contributed by atoms with van der Waals surface area (Å²) in [4.78, 5) is 63.6. The zero-order chi connectivity index (χ0) is 26.0. The van der Waals surface area contributed by atoms with Crippen LogP contribution in [0.1, 0.15) is 18.4 Å². The second-order valence-corrected chi connectivity index (χ2v) is 8.84. The summed E-state index contributed by atoms with van der Waals surface area (Å²) in [6.45, 7) is -0.705. The van der Waals surface area contributed by atoms with Crippen molar-refractivity contribution in [2.75, 3.05) is 18.6 Å². The van der Waals surface area contributed by atoms with Crippen molar-refractivity contribution in [2.24, 2.45) is 11.5 Å². The zero-order valence-electron chi connectivity index (χ0n) is 19.2. The number of carbonyl (C=O) groups excluding carboxylic acids is 4. The monoisotopic (exact) mass is 506 g/mol. The van der Waals surface area contributed by atoms with Gasteiger partial charge in [-0.15, -0.1) is 0 Å². The fourth-order valence-electron chi connectivity index (χ4n) is 3.35. The van der Waals surface area contributed by atoms with Crippen LogP contribution in [0.15, 0.2) is 30.5 Å². The number of amides is 4. The van der Waals surface area contributed by atoms with E-state index in [1.807, 2.05) is 30.5 Å². The highest BCUT2D eigenvalue weighted by molar-refractivity contribution is 7.98. The van der Waals surface area contributed by atoms with Gasteiger partial charge in [-0.1, -0.05) is 18.2 Å². The number of H-pyrrole nitrogens is 1. The predicted molar refractivity (Wildman–Crippen MR) is 131 cm³/mol. The zero-order valence-corrected chi connectivity index (χ0v) is 20.0. The van der Waals surface area contributed by atoms with Gasteiger partial charge in [-0.05, 0) is 30.1 Å². The molecule has 3 atom stereocenters. The van der Waals surface area contributed by atoms with Crippen molar-refractivity contribution in [3.05, 3.63) is 36.0 Å². The lowest BCUT2D eigenvalue weighted by molar-refractivity contribution is -0.138. The van der Waals surface area contributed by atoms with E-state index in [1.165, 1.54) is 11.8 Å². The lowest BCUT2D eigenvalue weighted by Crippen LogP contribution is -2.57. The van der Waals surface area contributed by atoms with Gasteiger partial charge in [-0.2, -0.15) is 11.8 Å². The normalized spacial score (nSPS) is 13.4. The summed E-state index contributed by atoms with van der Waals surface area (Å²) in [5.74, 6) is -3.71. The first-order valence-corrected chi connectivity index (χ1v) is 12.2. The number of nitrogens with one attached hydrogen (secondary N) is 4. The van der Waals surface area contributed by atoms with E-state index in [0.717, 1.165) is 16.5 Å². The summed E-state index contributed by atoms with van der Waals surface area (Å²) in [5.41, 5.74) is 12.7. The summed E-state index contributed by atoms with van der Waals surface area (Å²) in [6.07, 6.45) is 3.50. The molecule has 0 bridgehead atoms. The number of hydrogen-bond donors (Lipinski definition) is 7. The number of rotatable bonds is 14. The molecule has 0 spiro atoms. The molecular formula is C22H30N6O6S. The lowest BCUT2D eigenvalue weighted by atomic mass is 10.0. The summed E-state index contributed by atoms with van der Waals surface area (Å²) in [7, 11) is 0. The Labute approximate surface area is 205 Å². The van der Waals surface area contributed by atoms with Gasteiger partial charge in [0.1, 0.15) is 18.6 Å². The first-order valence-electron chi connectivity index (χ1n) is 10.8. The Kier molecular flexibility index (Phi) is 10.5. The number of aliphatic carboxylic acids is 1. The van der Waals surface area contributed by atoms with Crippen molar-refractivity contribution in [1.29, 1.82) is 0 Å². The lowest BCUT2D eigenvalue weighted by Gasteiger charge is -2.23. The van der Waals surface area contributed by atoms with E-state index >= 15 is 0 Å². The van der Waals surface area contributed by atoms with Crippen molar-refractivity contribution in [3.8, 4) is 0 Å². The number of thioether (sulfide) groups is 1. The molecule has 4 amide bonds. The summed E-state index contributed by atoms with van der Waals surface area (Å²) in [6, 6.07) is 4.00. The molecule has 3 unspecified atom stereocenters. The molecule has 13 heteroatoms. The molecule has 0 aliphatic carbocycles. The van der Waals surface area contributed by atoms with Gasteiger partial charge in [0.15, 0.2) is 0 Å². The molecule has 2 aromatic rings. The Morgan fingerprint density at radius 2 is 1.74 bits per heavy atom. The Balaban J connectivity index is 2.25. The Morgan fingerprint density at radius 3 is 2.40 bits per heavy atom. The maximum absolute atomic E-state index is 13.2. The third-order valence-corrected chi connectivity index (χ3v) is 5.80. The number of primary amides is 1. The minimum atomic E-state index is -1.42. The molecule has 0 radical (unpaired) electrons. The van der Waals surface area contributed by atoms with Crippen LogP contribution < -0.4 is 27.4 Å². The summed E-state index contributed by atoms with van der Waals surface area (Å²) >= 11 is 1.53. The number of hydrogen-bond acceptors (Lipinski definition) is 7.